The normalized spacial score (nSPS) is 12.9. The maximum Gasteiger partial charge on any atom is 0.129 e. The summed E-state index contributed by atoms with van der Waals surface area (Å²) in [6, 6.07) is 3.47. The summed E-state index contributed by atoms with van der Waals surface area (Å²) in [6.07, 6.45) is 0.00367. The number of aliphatic hydroxyl groups excluding tert-OH is 1. The van der Waals surface area contributed by atoms with Gasteiger partial charge in [-0.2, -0.15) is 0 Å². The van der Waals surface area contributed by atoms with Crippen molar-refractivity contribution in [3.05, 3.63) is 28.5 Å². The molecule has 0 saturated heterocycles. The fraction of sp³-hybridized carbons (Fsp3) is 0.444. The minimum atomic E-state index is -0.538. The zero-order chi connectivity index (χ0) is 9.84. The van der Waals surface area contributed by atoms with Gasteiger partial charge in [0.25, 0.3) is 0 Å². The van der Waals surface area contributed by atoms with E-state index in [-0.39, 0.29) is 0 Å². The Hall–Kier alpha value is -0.640. The van der Waals surface area contributed by atoms with Crippen molar-refractivity contribution in [2.24, 2.45) is 5.73 Å². The number of aromatic nitrogens is 1. The minimum absolute atomic E-state index is 0.408. The molecule has 13 heavy (non-hydrogen) atoms. The van der Waals surface area contributed by atoms with Crippen LogP contribution in [0.25, 0.3) is 0 Å². The molecule has 1 atom stereocenters. The molecule has 0 unspecified atom stereocenters. The molecular formula is C9H13ClN2O. The third kappa shape index (κ3) is 2.95. The molecule has 0 radical (unpaired) electrons. The lowest BCUT2D eigenvalue weighted by molar-refractivity contribution is 0.170. The number of pyridine rings is 1. The number of hydrogen-bond acceptors (Lipinski definition) is 3. The van der Waals surface area contributed by atoms with E-state index in [0.717, 1.165) is 11.3 Å². The molecule has 0 aliphatic rings. The Balaban J connectivity index is 2.87. The highest BCUT2D eigenvalue weighted by molar-refractivity contribution is 6.29. The summed E-state index contributed by atoms with van der Waals surface area (Å²) in [5, 5.41) is 10.0. The second-order valence-corrected chi connectivity index (χ2v) is 3.34. The predicted octanol–water partition coefficient (Wildman–Crippen LogP) is 1.43. The fourth-order valence-corrected chi connectivity index (χ4v) is 1.43. The zero-order valence-electron chi connectivity index (χ0n) is 7.50. The van der Waals surface area contributed by atoms with Crippen LogP contribution in [0.5, 0.6) is 0 Å². The molecule has 0 saturated carbocycles. The van der Waals surface area contributed by atoms with Gasteiger partial charge in [0, 0.05) is 5.69 Å². The Bertz CT molecular complexity index is 271. The van der Waals surface area contributed by atoms with E-state index in [0.29, 0.717) is 18.1 Å². The first-order valence-corrected chi connectivity index (χ1v) is 4.53. The molecular weight excluding hydrogens is 188 g/mol. The van der Waals surface area contributed by atoms with Crippen LogP contribution in [0.3, 0.4) is 0 Å². The number of nitrogens with zero attached hydrogens (tertiary/aromatic N) is 1. The molecule has 1 aromatic rings. The van der Waals surface area contributed by atoms with Crippen LogP contribution < -0.4 is 5.73 Å². The van der Waals surface area contributed by atoms with E-state index in [1.165, 1.54) is 0 Å². The average molecular weight is 201 g/mol. The Morgan fingerprint density at radius 3 is 2.85 bits per heavy atom. The maximum absolute atomic E-state index is 9.60. The summed E-state index contributed by atoms with van der Waals surface area (Å²) in [7, 11) is 0. The maximum atomic E-state index is 9.60. The van der Waals surface area contributed by atoms with Crippen LogP contribution in [0.2, 0.25) is 5.15 Å². The first-order valence-electron chi connectivity index (χ1n) is 4.15. The third-order valence-corrected chi connectivity index (χ3v) is 1.96. The first-order chi connectivity index (χ1) is 6.13. The monoisotopic (exact) mass is 200 g/mol. The van der Waals surface area contributed by atoms with Crippen LogP contribution in [-0.4, -0.2) is 16.6 Å². The van der Waals surface area contributed by atoms with Crippen LogP contribution in [0.1, 0.15) is 23.8 Å². The molecule has 1 rings (SSSR count). The minimum Gasteiger partial charge on any atom is -0.388 e. The molecule has 0 aliphatic carbocycles. The Labute approximate surface area is 82.5 Å². The van der Waals surface area contributed by atoms with Gasteiger partial charge in [-0.1, -0.05) is 11.6 Å². The second kappa shape index (κ2) is 4.56. The van der Waals surface area contributed by atoms with Crippen molar-refractivity contribution in [1.82, 2.24) is 4.98 Å². The fourth-order valence-electron chi connectivity index (χ4n) is 1.17. The average Bonchev–Trinajstić information content (AvgIpc) is 2.03. The van der Waals surface area contributed by atoms with Crippen molar-refractivity contribution in [2.75, 3.05) is 6.54 Å². The highest BCUT2D eigenvalue weighted by Gasteiger charge is 2.07. The van der Waals surface area contributed by atoms with E-state index in [9.17, 15) is 5.11 Å². The topological polar surface area (TPSA) is 59.1 Å². The van der Waals surface area contributed by atoms with Crippen LogP contribution >= 0.6 is 11.6 Å². The van der Waals surface area contributed by atoms with Gasteiger partial charge in [0.15, 0.2) is 0 Å². The summed E-state index contributed by atoms with van der Waals surface area (Å²) in [4.78, 5) is 4.00. The van der Waals surface area contributed by atoms with Gasteiger partial charge >= 0.3 is 0 Å². The molecule has 4 heteroatoms. The molecule has 72 valence electrons. The van der Waals surface area contributed by atoms with Gasteiger partial charge in [-0.3, -0.25) is 0 Å². The predicted molar refractivity (Wildman–Crippen MR) is 52.6 cm³/mol. The number of aliphatic hydroxyl groups is 1. The van der Waals surface area contributed by atoms with Gasteiger partial charge in [0.2, 0.25) is 0 Å². The van der Waals surface area contributed by atoms with Gasteiger partial charge in [-0.25, -0.2) is 4.98 Å². The lowest BCUT2D eigenvalue weighted by atomic mass is 10.1. The van der Waals surface area contributed by atoms with Crippen LogP contribution in [0, 0.1) is 6.92 Å². The Morgan fingerprint density at radius 2 is 2.31 bits per heavy atom. The van der Waals surface area contributed by atoms with Crippen LogP contribution in [0.4, 0.5) is 0 Å². The zero-order valence-corrected chi connectivity index (χ0v) is 8.25. The number of aryl methyl sites for hydroxylation is 1. The molecule has 0 aliphatic heterocycles. The summed E-state index contributed by atoms with van der Waals surface area (Å²) in [5.74, 6) is 0. The van der Waals surface area contributed by atoms with E-state index in [1.54, 1.807) is 6.07 Å². The van der Waals surface area contributed by atoms with Gasteiger partial charge in [0.1, 0.15) is 5.15 Å². The molecule has 0 amide bonds. The smallest absolute Gasteiger partial charge is 0.129 e. The molecule has 0 aromatic carbocycles. The van der Waals surface area contributed by atoms with Crippen LogP contribution in [0.15, 0.2) is 12.1 Å². The van der Waals surface area contributed by atoms with Crippen LogP contribution in [-0.2, 0) is 0 Å². The van der Waals surface area contributed by atoms with Crippen molar-refractivity contribution >= 4 is 11.6 Å². The summed E-state index contributed by atoms with van der Waals surface area (Å²) < 4.78 is 0. The van der Waals surface area contributed by atoms with Crippen molar-refractivity contribution < 1.29 is 5.11 Å². The number of hydrogen-bond donors (Lipinski definition) is 2. The standard InChI is InChI=1S/C9H13ClN2O/c1-6-4-7(5-9(10)12-6)8(13)2-3-11/h4-5,8,13H,2-3,11H2,1H3/t8-/m0/s1. The highest BCUT2D eigenvalue weighted by Crippen LogP contribution is 2.19. The Kier molecular flexibility index (Phi) is 3.66. The van der Waals surface area contributed by atoms with Crippen molar-refractivity contribution in [2.45, 2.75) is 19.4 Å². The summed E-state index contributed by atoms with van der Waals surface area (Å²) in [6.45, 7) is 2.30. The molecule has 3 nitrogen and oxygen atoms in total. The van der Waals surface area contributed by atoms with E-state index >= 15 is 0 Å². The van der Waals surface area contributed by atoms with Crippen molar-refractivity contribution in [3.8, 4) is 0 Å². The highest BCUT2D eigenvalue weighted by atomic mass is 35.5. The lowest BCUT2D eigenvalue weighted by Crippen LogP contribution is -2.07. The molecule has 0 bridgehead atoms. The summed E-state index contributed by atoms with van der Waals surface area (Å²) in [5.41, 5.74) is 6.92. The van der Waals surface area contributed by atoms with E-state index in [2.05, 4.69) is 4.98 Å². The Morgan fingerprint density at radius 1 is 1.62 bits per heavy atom. The molecule has 0 spiro atoms. The summed E-state index contributed by atoms with van der Waals surface area (Å²) >= 11 is 5.74. The van der Waals surface area contributed by atoms with Gasteiger partial charge in [-0.05, 0) is 37.6 Å². The first kappa shape index (κ1) is 10.4. The SMILES string of the molecule is Cc1cc([C@@H](O)CCN)cc(Cl)n1. The largest absolute Gasteiger partial charge is 0.388 e. The third-order valence-electron chi connectivity index (χ3n) is 1.77. The van der Waals surface area contributed by atoms with Crippen molar-refractivity contribution in [1.29, 1.82) is 0 Å². The van der Waals surface area contributed by atoms with Gasteiger partial charge in [-0.15, -0.1) is 0 Å². The number of nitrogens with two attached hydrogens (primary N) is 1. The molecule has 1 heterocycles. The van der Waals surface area contributed by atoms with E-state index in [4.69, 9.17) is 17.3 Å². The molecule has 0 fully saturated rings. The van der Waals surface area contributed by atoms with Crippen molar-refractivity contribution in [3.63, 3.8) is 0 Å². The lowest BCUT2D eigenvalue weighted by Gasteiger charge is -2.10. The van der Waals surface area contributed by atoms with Gasteiger partial charge in [0.05, 0.1) is 6.10 Å². The number of rotatable bonds is 3. The number of halogens is 1. The van der Waals surface area contributed by atoms with E-state index in [1.807, 2.05) is 13.0 Å². The molecule has 1 aromatic heterocycles. The second-order valence-electron chi connectivity index (χ2n) is 2.96. The molecule has 3 N–H and O–H groups in total. The van der Waals surface area contributed by atoms with E-state index < -0.39 is 6.10 Å². The van der Waals surface area contributed by atoms with Gasteiger partial charge < -0.3 is 10.8 Å². The quantitative estimate of drug-likeness (QED) is 0.726.